The molecule has 0 saturated carbocycles. The molecule has 0 aliphatic heterocycles. The molecule has 0 aliphatic carbocycles. The first-order valence-electron chi connectivity index (χ1n) is 9.39. The fourth-order valence-electron chi connectivity index (χ4n) is 2.63. The molecule has 1 rings (SSSR count). The number of nitrogens with one attached hydrogen (secondary N) is 2. The van der Waals surface area contributed by atoms with Gasteiger partial charge in [0.2, 0.25) is 10.0 Å². The lowest BCUT2D eigenvalue weighted by Crippen LogP contribution is -2.38. The lowest BCUT2D eigenvalue weighted by Gasteiger charge is -2.12. The van der Waals surface area contributed by atoms with Gasteiger partial charge in [0, 0.05) is 20.1 Å². The summed E-state index contributed by atoms with van der Waals surface area (Å²) < 4.78 is 22.5. The Morgan fingerprint density at radius 3 is 2.19 bits per heavy atom. The van der Waals surface area contributed by atoms with Crippen LogP contribution in [0.3, 0.4) is 0 Å². The highest BCUT2D eigenvalue weighted by molar-refractivity contribution is 14.0. The van der Waals surface area contributed by atoms with Crippen molar-refractivity contribution in [3.05, 3.63) is 29.8 Å². The number of nitrogens with zero attached hydrogens (tertiary/aromatic N) is 1. The summed E-state index contributed by atoms with van der Waals surface area (Å²) in [5, 5.41) is 11.7. The third kappa shape index (κ3) is 12.2. The molecule has 0 spiro atoms. The van der Waals surface area contributed by atoms with Gasteiger partial charge in [0.05, 0.1) is 4.90 Å². The van der Waals surface area contributed by atoms with Gasteiger partial charge in [0.15, 0.2) is 5.96 Å². The van der Waals surface area contributed by atoms with Gasteiger partial charge in [-0.3, -0.25) is 4.99 Å². The van der Waals surface area contributed by atoms with E-state index in [9.17, 15) is 8.42 Å². The zero-order valence-corrected chi connectivity index (χ0v) is 19.8. The van der Waals surface area contributed by atoms with Gasteiger partial charge < -0.3 is 10.6 Å². The molecule has 0 unspecified atom stereocenters. The Morgan fingerprint density at radius 1 is 1.04 bits per heavy atom. The Labute approximate surface area is 181 Å². The van der Waals surface area contributed by atoms with Crippen LogP contribution in [-0.4, -0.2) is 34.5 Å². The maximum Gasteiger partial charge on any atom is 0.238 e. The van der Waals surface area contributed by atoms with Gasteiger partial charge in [-0.15, -0.1) is 24.0 Å². The number of hydrogen-bond acceptors (Lipinski definition) is 3. The van der Waals surface area contributed by atoms with Crippen molar-refractivity contribution in [3.8, 4) is 0 Å². The lowest BCUT2D eigenvalue weighted by molar-refractivity contribution is 0.518. The number of sulfonamides is 1. The molecule has 1 aromatic carbocycles. The Bertz CT molecular complexity index is 646. The van der Waals surface area contributed by atoms with E-state index in [1.165, 1.54) is 37.8 Å². The molecule has 0 aliphatic rings. The molecule has 0 saturated heterocycles. The van der Waals surface area contributed by atoms with Gasteiger partial charge in [-0.25, -0.2) is 13.6 Å². The molecule has 0 bridgehead atoms. The van der Waals surface area contributed by atoms with E-state index in [4.69, 9.17) is 5.14 Å². The van der Waals surface area contributed by atoms with Crippen LogP contribution >= 0.6 is 24.0 Å². The number of unbranched alkanes of at least 4 members (excludes halogenated alkanes) is 3. The van der Waals surface area contributed by atoms with Crippen LogP contribution in [0.25, 0.3) is 0 Å². The van der Waals surface area contributed by atoms with Crippen LogP contribution in [0.1, 0.15) is 51.5 Å². The maximum absolute atomic E-state index is 11.2. The van der Waals surface area contributed by atoms with Crippen LogP contribution < -0.4 is 15.8 Å². The largest absolute Gasteiger partial charge is 0.356 e. The summed E-state index contributed by atoms with van der Waals surface area (Å²) in [6, 6.07) is 6.65. The summed E-state index contributed by atoms with van der Waals surface area (Å²) in [6.07, 6.45) is 7.09. The zero-order valence-electron chi connectivity index (χ0n) is 16.7. The Morgan fingerprint density at radius 2 is 1.63 bits per heavy atom. The Kier molecular flexibility index (Phi) is 13.7. The molecule has 156 valence electrons. The summed E-state index contributed by atoms with van der Waals surface area (Å²) in [5.74, 6) is 1.60. The second-order valence-corrected chi connectivity index (χ2v) is 8.52. The Hall–Kier alpha value is -0.870. The molecular formula is C19H35IN4O2S. The minimum atomic E-state index is -3.63. The van der Waals surface area contributed by atoms with E-state index in [1.54, 1.807) is 19.2 Å². The predicted molar refractivity (Wildman–Crippen MR) is 124 cm³/mol. The summed E-state index contributed by atoms with van der Waals surface area (Å²) in [7, 11) is -1.86. The molecule has 0 aromatic heterocycles. The van der Waals surface area contributed by atoms with Crippen molar-refractivity contribution in [2.75, 3.05) is 20.1 Å². The minimum absolute atomic E-state index is 0. The van der Waals surface area contributed by atoms with Crippen molar-refractivity contribution in [1.29, 1.82) is 0 Å². The smallest absolute Gasteiger partial charge is 0.238 e. The summed E-state index contributed by atoms with van der Waals surface area (Å²) in [6.45, 7) is 6.19. The van der Waals surface area contributed by atoms with E-state index in [-0.39, 0.29) is 28.9 Å². The molecule has 0 amide bonds. The molecule has 0 fully saturated rings. The van der Waals surface area contributed by atoms with Gasteiger partial charge in [-0.1, -0.05) is 51.7 Å². The monoisotopic (exact) mass is 510 g/mol. The van der Waals surface area contributed by atoms with Crippen molar-refractivity contribution in [2.45, 2.75) is 57.3 Å². The first-order chi connectivity index (χ1) is 12.3. The second-order valence-electron chi connectivity index (χ2n) is 6.96. The highest BCUT2D eigenvalue weighted by Crippen LogP contribution is 2.09. The van der Waals surface area contributed by atoms with E-state index >= 15 is 0 Å². The fourth-order valence-corrected chi connectivity index (χ4v) is 3.15. The standard InChI is InChI=1S/C19H34N4O2S.HI/c1-16(2)8-6-4-5-7-14-22-19(21-3)23-15-13-17-9-11-18(12-10-17)26(20,24)25;/h9-12,16H,4-8,13-15H2,1-3H3,(H2,20,24,25)(H2,21,22,23);1H. The fraction of sp³-hybridized carbons (Fsp3) is 0.632. The number of nitrogens with two attached hydrogens (primary N) is 1. The normalized spacial score (nSPS) is 12.0. The van der Waals surface area contributed by atoms with E-state index in [0.717, 1.165) is 43.4 Å². The molecule has 0 heterocycles. The first kappa shape index (κ1) is 26.1. The van der Waals surface area contributed by atoms with Crippen LogP contribution in [0.5, 0.6) is 0 Å². The van der Waals surface area contributed by atoms with Gasteiger partial charge in [-0.05, 0) is 36.5 Å². The summed E-state index contributed by atoms with van der Waals surface area (Å²) in [4.78, 5) is 4.36. The molecule has 1 aromatic rings. The predicted octanol–water partition coefficient (Wildman–Crippen LogP) is 3.27. The van der Waals surface area contributed by atoms with Crippen LogP contribution in [0.2, 0.25) is 0 Å². The van der Waals surface area contributed by atoms with E-state index < -0.39 is 10.0 Å². The topological polar surface area (TPSA) is 96.6 Å². The van der Waals surface area contributed by atoms with Gasteiger partial charge in [0.1, 0.15) is 0 Å². The summed E-state index contributed by atoms with van der Waals surface area (Å²) in [5.41, 5.74) is 1.05. The molecule has 0 atom stereocenters. The highest BCUT2D eigenvalue weighted by atomic mass is 127. The van der Waals surface area contributed by atoms with E-state index in [1.807, 2.05) is 0 Å². The molecule has 4 N–H and O–H groups in total. The number of hydrogen-bond donors (Lipinski definition) is 3. The van der Waals surface area contributed by atoms with Crippen LogP contribution in [-0.2, 0) is 16.4 Å². The van der Waals surface area contributed by atoms with Crippen molar-refractivity contribution in [2.24, 2.45) is 16.0 Å². The van der Waals surface area contributed by atoms with Crippen molar-refractivity contribution >= 4 is 40.0 Å². The third-order valence-corrected chi connectivity index (χ3v) is 5.11. The van der Waals surface area contributed by atoms with Gasteiger partial charge in [0.25, 0.3) is 0 Å². The number of guanidine groups is 1. The van der Waals surface area contributed by atoms with E-state index in [0.29, 0.717) is 0 Å². The molecule has 8 heteroatoms. The minimum Gasteiger partial charge on any atom is -0.356 e. The maximum atomic E-state index is 11.2. The lowest BCUT2D eigenvalue weighted by atomic mass is 10.0. The van der Waals surface area contributed by atoms with Crippen molar-refractivity contribution < 1.29 is 8.42 Å². The molecule has 6 nitrogen and oxygen atoms in total. The molecule has 27 heavy (non-hydrogen) atoms. The first-order valence-corrected chi connectivity index (χ1v) is 10.9. The number of halogens is 1. The molecular weight excluding hydrogens is 475 g/mol. The quantitative estimate of drug-likeness (QED) is 0.184. The van der Waals surface area contributed by atoms with Crippen molar-refractivity contribution in [3.63, 3.8) is 0 Å². The second kappa shape index (κ2) is 14.2. The van der Waals surface area contributed by atoms with Crippen molar-refractivity contribution in [1.82, 2.24) is 10.6 Å². The van der Waals surface area contributed by atoms with Crippen LogP contribution in [0.4, 0.5) is 0 Å². The number of aliphatic imine (C=N–C) groups is 1. The van der Waals surface area contributed by atoms with Crippen LogP contribution in [0, 0.1) is 5.92 Å². The zero-order chi connectivity index (χ0) is 19.4. The van der Waals surface area contributed by atoms with Crippen LogP contribution in [0.15, 0.2) is 34.2 Å². The molecule has 0 radical (unpaired) electrons. The number of benzene rings is 1. The number of primary sulfonamides is 1. The third-order valence-electron chi connectivity index (χ3n) is 4.18. The van der Waals surface area contributed by atoms with Gasteiger partial charge in [-0.2, -0.15) is 0 Å². The average Bonchev–Trinajstić information content (AvgIpc) is 2.58. The highest BCUT2D eigenvalue weighted by Gasteiger charge is 2.06. The SMILES string of the molecule is CN=C(NCCCCCCC(C)C)NCCc1ccc(S(N)(=O)=O)cc1.I. The van der Waals surface area contributed by atoms with Gasteiger partial charge >= 0.3 is 0 Å². The Balaban J connectivity index is 0.00000676. The summed E-state index contributed by atoms with van der Waals surface area (Å²) >= 11 is 0. The average molecular weight is 510 g/mol. The number of rotatable bonds is 11. The van der Waals surface area contributed by atoms with E-state index in [2.05, 4.69) is 29.5 Å².